The molecule has 0 unspecified atom stereocenters. The van der Waals surface area contributed by atoms with E-state index in [0.29, 0.717) is 30.5 Å². The maximum absolute atomic E-state index is 6.25. The molecule has 0 aliphatic carbocycles. The summed E-state index contributed by atoms with van der Waals surface area (Å²) in [5.74, 6) is 1.40. The summed E-state index contributed by atoms with van der Waals surface area (Å²) in [5, 5.41) is 0.615. The Morgan fingerprint density at radius 1 is 1.29 bits per heavy atom. The third-order valence-electron chi connectivity index (χ3n) is 3.36. The molecular formula is C15H24Cl2N2O2. The third-order valence-corrected chi connectivity index (χ3v) is 3.64. The van der Waals surface area contributed by atoms with E-state index < -0.39 is 0 Å². The van der Waals surface area contributed by atoms with E-state index in [2.05, 4.69) is 25.8 Å². The van der Waals surface area contributed by atoms with Crippen LogP contribution >= 0.6 is 24.0 Å². The average Bonchev–Trinajstić information content (AvgIpc) is 2.38. The zero-order valence-corrected chi connectivity index (χ0v) is 14.4. The van der Waals surface area contributed by atoms with E-state index in [1.807, 2.05) is 12.1 Å². The SMILES string of the molecule is CN(Cc1cc(Cl)c2c(c1)OCCO2)CC(C)(C)CN.Cl. The molecule has 6 heteroatoms. The maximum atomic E-state index is 6.25. The van der Waals surface area contributed by atoms with Crippen molar-refractivity contribution in [1.29, 1.82) is 0 Å². The van der Waals surface area contributed by atoms with Crippen LogP contribution in [0.5, 0.6) is 11.5 Å². The minimum atomic E-state index is 0. The largest absolute Gasteiger partial charge is 0.486 e. The van der Waals surface area contributed by atoms with Crippen LogP contribution in [0.1, 0.15) is 19.4 Å². The molecule has 2 N–H and O–H groups in total. The molecule has 0 radical (unpaired) electrons. The van der Waals surface area contributed by atoms with Crippen molar-refractivity contribution in [2.45, 2.75) is 20.4 Å². The van der Waals surface area contributed by atoms with E-state index >= 15 is 0 Å². The molecule has 0 bridgehead atoms. The second-order valence-electron chi connectivity index (χ2n) is 6.14. The van der Waals surface area contributed by atoms with Crippen LogP contribution in [-0.4, -0.2) is 38.3 Å². The molecule has 21 heavy (non-hydrogen) atoms. The van der Waals surface area contributed by atoms with Crippen LogP contribution in [0.15, 0.2) is 12.1 Å². The van der Waals surface area contributed by atoms with Gasteiger partial charge in [0.1, 0.15) is 13.2 Å². The van der Waals surface area contributed by atoms with Crippen molar-refractivity contribution in [2.75, 3.05) is 33.4 Å². The fourth-order valence-corrected chi connectivity index (χ4v) is 2.71. The number of benzene rings is 1. The van der Waals surface area contributed by atoms with Crippen molar-refractivity contribution in [3.05, 3.63) is 22.7 Å². The lowest BCUT2D eigenvalue weighted by Crippen LogP contribution is -2.36. The van der Waals surface area contributed by atoms with Gasteiger partial charge in [0, 0.05) is 13.1 Å². The Morgan fingerprint density at radius 2 is 1.95 bits per heavy atom. The van der Waals surface area contributed by atoms with Gasteiger partial charge >= 0.3 is 0 Å². The monoisotopic (exact) mass is 334 g/mol. The minimum Gasteiger partial charge on any atom is -0.486 e. The lowest BCUT2D eigenvalue weighted by molar-refractivity contribution is 0.170. The molecular weight excluding hydrogens is 311 g/mol. The van der Waals surface area contributed by atoms with Gasteiger partial charge in [0.05, 0.1) is 5.02 Å². The lowest BCUT2D eigenvalue weighted by Gasteiger charge is -2.29. The Bertz CT molecular complexity index is 481. The van der Waals surface area contributed by atoms with E-state index in [0.717, 1.165) is 24.4 Å². The molecule has 120 valence electrons. The van der Waals surface area contributed by atoms with Crippen molar-refractivity contribution in [2.24, 2.45) is 11.1 Å². The Kier molecular flexibility index (Phi) is 6.60. The second-order valence-corrected chi connectivity index (χ2v) is 6.55. The van der Waals surface area contributed by atoms with Crippen LogP contribution in [0.25, 0.3) is 0 Å². The highest BCUT2D eigenvalue weighted by Gasteiger charge is 2.20. The van der Waals surface area contributed by atoms with Gasteiger partial charge in [-0.25, -0.2) is 0 Å². The van der Waals surface area contributed by atoms with Crippen molar-refractivity contribution in [3.63, 3.8) is 0 Å². The average molecular weight is 335 g/mol. The third kappa shape index (κ3) is 4.92. The summed E-state index contributed by atoms with van der Waals surface area (Å²) in [6.45, 7) is 7.86. The van der Waals surface area contributed by atoms with Crippen LogP contribution < -0.4 is 15.2 Å². The summed E-state index contributed by atoms with van der Waals surface area (Å²) in [7, 11) is 2.09. The Hall–Kier alpha value is -0.680. The molecule has 2 rings (SSSR count). The summed E-state index contributed by atoms with van der Waals surface area (Å²) in [4.78, 5) is 2.24. The predicted molar refractivity (Wildman–Crippen MR) is 88.9 cm³/mol. The van der Waals surface area contributed by atoms with Crippen LogP contribution in [0.4, 0.5) is 0 Å². The van der Waals surface area contributed by atoms with Gasteiger partial charge in [-0.2, -0.15) is 0 Å². The molecule has 4 nitrogen and oxygen atoms in total. The smallest absolute Gasteiger partial charge is 0.179 e. The molecule has 1 aromatic rings. The Labute approximate surface area is 137 Å². The second kappa shape index (κ2) is 7.54. The van der Waals surface area contributed by atoms with Crippen molar-refractivity contribution in [1.82, 2.24) is 4.90 Å². The van der Waals surface area contributed by atoms with Crippen molar-refractivity contribution in [3.8, 4) is 11.5 Å². The Balaban J connectivity index is 0.00000220. The minimum absolute atomic E-state index is 0. The topological polar surface area (TPSA) is 47.7 Å². The maximum Gasteiger partial charge on any atom is 0.179 e. The first-order valence-corrected chi connectivity index (χ1v) is 7.26. The summed E-state index contributed by atoms with van der Waals surface area (Å²) in [5.41, 5.74) is 7.00. The van der Waals surface area contributed by atoms with Gasteiger partial charge < -0.3 is 20.1 Å². The van der Waals surface area contributed by atoms with Gasteiger partial charge in [-0.1, -0.05) is 25.4 Å². The van der Waals surface area contributed by atoms with E-state index in [9.17, 15) is 0 Å². The molecule has 1 aliphatic rings. The Morgan fingerprint density at radius 3 is 2.62 bits per heavy atom. The highest BCUT2D eigenvalue weighted by molar-refractivity contribution is 6.32. The first-order chi connectivity index (χ1) is 9.41. The van der Waals surface area contributed by atoms with Crippen molar-refractivity contribution >= 4 is 24.0 Å². The summed E-state index contributed by atoms with van der Waals surface area (Å²) >= 11 is 6.25. The number of nitrogens with zero attached hydrogens (tertiary/aromatic N) is 1. The molecule has 0 spiro atoms. The number of nitrogens with two attached hydrogens (primary N) is 1. The van der Waals surface area contributed by atoms with Crippen LogP contribution in [0, 0.1) is 5.41 Å². The molecule has 0 fully saturated rings. The molecule has 0 amide bonds. The number of halogens is 2. The zero-order valence-electron chi connectivity index (χ0n) is 12.8. The number of hydrogen-bond acceptors (Lipinski definition) is 4. The van der Waals surface area contributed by atoms with E-state index in [1.165, 1.54) is 0 Å². The van der Waals surface area contributed by atoms with E-state index in [1.54, 1.807) is 0 Å². The molecule has 0 saturated carbocycles. The lowest BCUT2D eigenvalue weighted by atomic mass is 9.93. The number of ether oxygens (including phenoxy) is 2. The molecule has 1 aliphatic heterocycles. The predicted octanol–water partition coefficient (Wildman–Crippen LogP) is 2.95. The molecule has 0 atom stereocenters. The summed E-state index contributed by atoms with van der Waals surface area (Å²) in [6.07, 6.45) is 0. The number of rotatable bonds is 5. The summed E-state index contributed by atoms with van der Waals surface area (Å²) in [6, 6.07) is 3.95. The first kappa shape index (κ1) is 18.4. The van der Waals surface area contributed by atoms with Gasteiger partial charge in [-0.05, 0) is 36.7 Å². The van der Waals surface area contributed by atoms with Gasteiger partial charge in [0.2, 0.25) is 0 Å². The zero-order chi connectivity index (χ0) is 14.8. The van der Waals surface area contributed by atoms with Crippen LogP contribution in [0.3, 0.4) is 0 Å². The molecule has 0 saturated heterocycles. The highest BCUT2D eigenvalue weighted by Crippen LogP contribution is 2.38. The quantitative estimate of drug-likeness (QED) is 0.899. The molecule has 1 aromatic carbocycles. The van der Waals surface area contributed by atoms with Gasteiger partial charge in [0.25, 0.3) is 0 Å². The van der Waals surface area contributed by atoms with E-state index in [4.69, 9.17) is 26.8 Å². The summed E-state index contributed by atoms with van der Waals surface area (Å²) < 4.78 is 11.1. The van der Waals surface area contributed by atoms with Crippen molar-refractivity contribution < 1.29 is 9.47 Å². The fraction of sp³-hybridized carbons (Fsp3) is 0.600. The fourth-order valence-electron chi connectivity index (χ4n) is 2.42. The van der Waals surface area contributed by atoms with Gasteiger partial charge in [-0.3, -0.25) is 0 Å². The molecule has 1 heterocycles. The number of fused-ring (bicyclic) bond motifs is 1. The highest BCUT2D eigenvalue weighted by atomic mass is 35.5. The van der Waals surface area contributed by atoms with Crippen LogP contribution in [-0.2, 0) is 6.54 Å². The normalized spacial score (nSPS) is 14.0. The first-order valence-electron chi connectivity index (χ1n) is 6.88. The van der Waals surface area contributed by atoms with E-state index in [-0.39, 0.29) is 17.8 Å². The molecule has 0 aromatic heterocycles. The number of hydrogen-bond donors (Lipinski definition) is 1. The van der Waals surface area contributed by atoms with Crippen LogP contribution in [0.2, 0.25) is 5.02 Å². The standard InChI is InChI=1S/C15H23ClN2O2.ClH/c1-15(2,9-17)10-18(3)8-11-6-12(16)14-13(7-11)19-4-5-20-14;/h6-7H,4-5,8-10,17H2,1-3H3;1H. The van der Waals surface area contributed by atoms with Gasteiger partial charge in [-0.15, -0.1) is 12.4 Å². The van der Waals surface area contributed by atoms with Gasteiger partial charge in [0.15, 0.2) is 11.5 Å².